The van der Waals surface area contributed by atoms with Crippen LogP contribution in [0.25, 0.3) is 0 Å². The van der Waals surface area contributed by atoms with Gasteiger partial charge in [-0.3, -0.25) is 19.3 Å². The van der Waals surface area contributed by atoms with Crippen LogP contribution in [0.2, 0.25) is 0 Å². The van der Waals surface area contributed by atoms with Gasteiger partial charge < -0.3 is 4.90 Å². The van der Waals surface area contributed by atoms with E-state index in [1.807, 2.05) is 30.9 Å². The predicted molar refractivity (Wildman–Crippen MR) is 90.8 cm³/mol. The van der Waals surface area contributed by atoms with Gasteiger partial charge in [-0.15, -0.1) is 0 Å². The first kappa shape index (κ1) is 17.2. The first-order valence-electron chi connectivity index (χ1n) is 9.15. The molecule has 5 heteroatoms. The third-order valence-electron chi connectivity index (χ3n) is 5.90. The summed E-state index contributed by atoms with van der Waals surface area (Å²) in [6, 6.07) is -0.628. The fraction of sp³-hybridized carbons (Fsp3) is 0.737. The van der Waals surface area contributed by atoms with Gasteiger partial charge in [0.05, 0.1) is 11.8 Å². The number of likely N-dealkylation sites (tertiary alicyclic amines) is 1. The minimum absolute atomic E-state index is 0.0736. The minimum Gasteiger partial charge on any atom is -0.338 e. The summed E-state index contributed by atoms with van der Waals surface area (Å²) in [5, 5.41) is 0. The largest absolute Gasteiger partial charge is 0.338 e. The minimum atomic E-state index is -0.702. The van der Waals surface area contributed by atoms with E-state index in [9.17, 15) is 14.4 Å². The van der Waals surface area contributed by atoms with Crippen LogP contribution in [0, 0.1) is 23.7 Å². The van der Waals surface area contributed by atoms with Crippen molar-refractivity contribution < 1.29 is 14.4 Å². The van der Waals surface area contributed by atoms with Gasteiger partial charge in [-0.1, -0.05) is 19.1 Å². The Balaban J connectivity index is 1.74. The summed E-state index contributed by atoms with van der Waals surface area (Å²) in [5.74, 6) is 0.246. The fourth-order valence-electron chi connectivity index (χ4n) is 4.02. The molecule has 0 aromatic heterocycles. The number of imide groups is 1. The van der Waals surface area contributed by atoms with E-state index < -0.39 is 6.04 Å². The Bertz CT molecular complexity index is 557. The molecule has 5 nitrogen and oxygen atoms in total. The summed E-state index contributed by atoms with van der Waals surface area (Å²) in [5.41, 5.74) is 0. The van der Waals surface area contributed by atoms with Crippen LogP contribution in [0.3, 0.4) is 0 Å². The number of amides is 3. The normalized spacial score (nSPS) is 33.0. The number of nitrogens with zero attached hydrogens (tertiary/aromatic N) is 2. The van der Waals surface area contributed by atoms with Crippen LogP contribution in [-0.4, -0.2) is 46.1 Å². The average molecular weight is 332 g/mol. The van der Waals surface area contributed by atoms with Gasteiger partial charge in [-0.2, -0.15) is 0 Å². The van der Waals surface area contributed by atoms with Crippen LogP contribution in [0.15, 0.2) is 12.2 Å². The lowest BCUT2D eigenvalue weighted by Gasteiger charge is -2.32. The molecule has 0 spiro atoms. The summed E-state index contributed by atoms with van der Waals surface area (Å²) in [7, 11) is 0. The number of fused-ring (bicyclic) bond motifs is 1. The smallest absolute Gasteiger partial charge is 0.245 e. The lowest BCUT2D eigenvalue weighted by atomic mass is 9.85. The molecule has 0 N–H and O–H groups in total. The van der Waals surface area contributed by atoms with Gasteiger partial charge in [0.2, 0.25) is 17.7 Å². The quantitative estimate of drug-likeness (QED) is 0.573. The number of carbonyl (C=O) groups is 3. The summed E-state index contributed by atoms with van der Waals surface area (Å²) in [6.45, 7) is 8.62. The van der Waals surface area contributed by atoms with E-state index in [-0.39, 0.29) is 35.6 Å². The number of carbonyl (C=O) groups excluding carboxylic acids is 3. The molecule has 3 amide bonds. The second-order valence-corrected chi connectivity index (χ2v) is 7.94. The van der Waals surface area contributed by atoms with Gasteiger partial charge in [-0.25, -0.2) is 0 Å². The van der Waals surface area contributed by atoms with E-state index in [2.05, 4.69) is 6.92 Å². The van der Waals surface area contributed by atoms with E-state index in [4.69, 9.17) is 0 Å². The van der Waals surface area contributed by atoms with Gasteiger partial charge in [0, 0.05) is 12.6 Å². The van der Waals surface area contributed by atoms with Crippen LogP contribution < -0.4 is 0 Å². The van der Waals surface area contributed by atoms with Gasteiger partial charge in [0.15, 0.2) is 0 Å². The first-order chi connectivity index (χ1) is 11.3. The van der Waals surface area contributed by atoms with Gasteiger partial charge in [-0.05, 0) is 51.9 Å². The second-order valence-electron chi connectivity index (χ2n) is 7.94. The molecule has 5 unspecified atom stereocenters. The van der Waals surface area contributed by atoms with Crippen LogP contribution in [0.1, 0.15) is 47.0 Å². The summed E-state index contributed by atoms with van der Waals surface area (Å²) < 4.78 is 0. The van der Waals surface area contributed by atoms with Crippen molar-refractivity contribution in [3.05, 3.63) is 12.2 Å². The lowest BCUT2D eigenvalue weighted by molar-refractivity contribution is -0.151. The summed E-state index contributed by atoms with van der Waals surface area (Å²) >= 11 is 0. The van der Waals surface area contributed by atoms with Gasteiger partial charge in [0.1, 0.15) is 6.04 Å². The van der Waals surface area contributed by atoms with Gasteiger partial charge in [0.25, 0.3) is 0 Å². The van der Waals surface area contributed by atoms with E-state index in [0.29, 0.717) is 24.7 Å². The van der Waals surface area contributed by atoms with Crippen LogP contribution >= 0.6 is 0 Å². The van der Waals surface area contributed by atoms with Crippen molar-refractivity contribution in [2.75, 3.05) is 6.54 Å². The molecule has 1 saturated carbocycles. The molecule has 0 radical (unpaired) electrons. The molecule has 24 heavy (non-hydrogen) atoms. The zero-order valence-electron chi connectivity index (χ0n) is 15.1. The van der Waals surface area contributed by atoms with Crippen LogP contribution in [0.5, 0.6) is 0 Å². The second kappa shape index (κ2) is 6.34. The Morgan fingerprint density at radius 3 is 2.08 bits per heavy atom. The first-order valence-corrected chi connectivity index (χ1v) is 9.15. The maximum Gasteiger partial charge on any atom is 0.245 e. The zero-order valence-corrected chi connectivity index (χ0v) is 15.1. The SMILES string of the molecule is CC1CC1CN(C(=O)C(C)N1C(=O)C2CC=CCC2C1=O)C(C)C. The highest BCUT2D eigenvalue weighted by Gasteiger charge is 2.51. The topological polar surface area (TPSA) is 57.7 Å². The standard InChI is InChI=1S/C19H28N2O3/c1-11(2)20(10-14-9-12(14)3)17(22)13(4)21-18(23)15-7-5-6-8-16(15)19(21)24/h5-6,11-16H,7-10H2,1-4H3. The van der Waals surface area contributed by atoms with E-state index in [1.165, 1.54) is 4.90 Å². The van der Waals surface area contributed by atoms with Crippen molar-refractivity contribution in [2.45, 2.75) is 59.0 Å². The zero-order chi connectivity index (χ0) is 17.6. The molecule has 5 atom stereocenters. The van der Waals surface area contributed by atoms with Gasteiger partial charge >= 0.3 is 0 Å². The highest BCUT2D eigenvalue weighted by atomic mass is 16.2. The third kappa shape index (κ3) is 2.89. The Labute approximate surface area is 144 Å². The lowest BCUT2D eigenvalue weighted by Crippen LogP contribution is -2.52. The maximum atomic E-state index is 13.0. The number of rotatable bonds is 5. The fourth-order valence-corrected chi connectivity index (χ4v) is 4.02. The highest BCUT2D eigenvalue weighted by Crippen LogP contribution is 2.39. The highest BCUT2D eigenvalue weighted by molar-refractivity contribution is 6.08. The summed E-state index contributed by atoms with van der Waals surface area (Å²) in [6.07, 6.45) is 6.32. The molecule has 1 aliphatic heterocycles. The maximum absolute atomic E-state index is 13.0. The monoisotopic (exact) mass is 332 g/mol. The van der Waals surface area contributed by atoms with Crippen molar-refractivity contribution in [1.29, 1.82) is 0 Å². The Kier molecular flexibility index (Phi) is 4.54. The van der Waals surface area contributed by atoms with E-state index in [0.717, 1.165) is 13.0 Å². The molecule has 0 aromatic rings. The van der Waals surface area contributed by atoms with E-state index >= 15 is 0 Å². The molecule has 3 rings (SSSR count). The molecule has 0 aromatic carbocycles. The molecule has 0 bridgehead atoms. The molecule has 2 fully saturated rings. The molecule has 1 heterocycles. The molecule has 2 aliphatic carbocycles. The predicted octanol–water partition coefficient (Wildman–Crippen LogP) is 2.22. The molecular weight excluding hydrogens is 304 g/mol. The number of allylic oxidation sites excluding steroid dienone is 2. The van der Waals surface area contributed by atoms with E-state index in [1.54, 1.807) is 6.92 Å². The van der Waals surface area contributed by atoms with Crippen molar-refractivity contribution >= 4 is 17.7 Å². The third-order valence-corrected chi connectivity index (χ3v) is 5.90. The summed E-state index contributed by atoms with van der Waals surface area (Å²) in [4.78, 5) is 41.4. The Morgan fingerprint density at radius 2 is 1.67 bits per heavy atom. The molecule has 132 valence electrons. The molecule has 1 saturated heterocycles. The number of hydrogen-bond donors (Lipinski definition) is 0. The van der Waals surface area contributed by atoms with Crippen molar-refractivity contribution in [3.63, 3.8) is 0 Å². The molecule has 3 aliphatic rings. The van der Waals surface area contributed by atoms with Crippen LogP contribution in [-0.2, 0) is 14.4 Å². The van der Waals surface area contributed by atoms with Crippen molar-refractivity contribution in [2.24, 2.45) is 23.7 Å². The number of hydrogen-bond acceptors (Lipinski definition) is 3. The Morgan fingerprint density at radius 1 is 1.17 bits per heavy atom. The average Bonchev–Trinajstić information content (AvgIpc) is 3.19. The molecular formula is C19H28N2O3. The van der Waals surface area contributed by atoms with Crippen molar-refractivity contribution in [3.8, 4) is 0 Å². The van der Waals surface area contributed by atoms with Crippen molar-refractivity contribution in [1.82, 2.24) is 9.80 Å². The Hall–Kier alpha value is -1.65. The van der Waals surface area contributed by atoms with Crippen LogP contribution in [0.4, 0.5) is 0 Å².